The van der Waals surface area contributed by atoms with Crippen LogP contribution in [0.25, 0.3) is 0 Å². The SMILES string of the molecule is CN=C(NCCN1CCS(=O)(=O)CC1)NCC1(c2ccccc2)CCC1.I. The van der Waals surface area contributed by atoms with Crippen LogP contribution in [0.2, 0.25) is 0 Å². The van der Waals surface area contributed by atoms with Gasteiger partial charge in [0.2, 0.25) is 0 Å². The molecule has 1 saturated heterocycles. The third-order valence-electron chi connectivity index (χ3n) is 5.67. The maximum absolute atomic E-state index is 11.5. The molecular formula is C19H31IN4O2S. The number of benzene rings is 1. The molecule has 6 nitrogen and oxygen atoms in total. The number of hydrogen-bond donors (Lipinski definition) is 2. The van der Waals surface area contributed by atoms with Gasteiger partial charge in [0.1, 0.15) is 0 Å². The summed E-state index contributed by atoms with van der Waals surface area (Å²) in [6, 6.07) is 10.7. The van der Waals surface area contributed by atoms with Crippen LogP contribution in [0.15, 0.2) is 35.3 Å². The first-order valence-electron chi connectivity index (χ1n) is 9.46. The number of nitrogens with one attached hydrogen (secondary N) is 2. The van der Waals surface area contributed by atoms with Gasteiger partial charge in [0.15, 0.2) is 15.8 Å². The Labute approximate surface area is 180 Å². The van der Waals surface area contributed by atoms with Crippen molar-refractivity contribution in [2.24, 2.45) is 4.99 Å². The highest BCUT2D eigenvalue weighted by Crippen LogP contribution is 2.43. The molecule has 0 unspecified atom stereocenters. The van der Waals surface area contributed by atoms with Gasteiger partial charge in [-0.1, -0.05) is 36.8 Å². The molecule has 1 heterocycles. The summed E-state index contributed by atoms with van der Waals surface area (Å²) in [4.78, 5) is 6.52. The zero-order valence-corrected chi connectivity index (χ0v) is 19.1. The Morgan fingerprint density at radius 2 is 1.81 bits per heavy atom. The predicted octanol–water partition coefficient (Wildman–Crippen LogP) is 1.62. The van der Waals surface area contributed by atoms with Crippen LogP contribution in [0.1, 0.15) is 24.8 Å². The Morgan fingerprint density at radius 3 is 2.37 bits per heavy atom. The van der Waals surface area contributed by atoms with Gasteiger partial charge >= 0.3 is 0 Å². The highest BCUT2D eigenvalue weighted by atomic mass is 127. The second-order valence-corrected chi connectivity index (χ2v) is 9.65. The van der Waals surface area contributed by atoms with E-state index in [1.807, 2.05) is 0 Å². The van der Waals surface area contributed by atoms with Gasteiger partial charge in [-0.3, -0.25) is 9.89 Å². The molecule has 0 spiro atoms. The average Bonchev–Trinajstić information content (AvgIpc) is 2.61. The first kappa shape index (κ1) is 22.4. The first-order chi connectivity index (χ1) is 12.5. The van der Waals surface area contributed by atoms with Crippen molar-refractivity contribution < 1.29 is 8.42 Å². The third kappa shape index (κ3) is 6.05. The van der Waals surface area contributed by atoms with Crippen molar-refractivity contribution in [1.82, 2.24) is 15.5 Å². The minimum Gasteiger partial charge on any atom is -0.356 e. The molecule has 1 aliphatic carbocycles. The summed E-state index contributed by atoms with van der Waals surface area (Å²) in [6.45, 7) is 3.75. The number of sulfone groups is 1. The van der Waals surface area contributed by atoms with Crippen molar-refractivity contribution >= 4 is 39.8 Å². The Bertz CT molecular complexity index is 706. The van der Waals surface area contributed by atoms with E-state index in [1.54, 1.807) is 7.05 Å². The molecule has 1 saturated carbocycles. The minimum atomic E-state index is -2.81. The molecule has 1 aromatic carbocycles. The van der Waals surface area contributed by atoms with Gasteiger partial charge in [-0.2, -0.15) is 0 Å². The lowest BCUT2D eigenvalue weighted by molar-refractivity contribution is 0.243. The molecule has 2 aliphatic rings. The zero-order valence-electron chi connectivity index (χ0n) is 16.0. The second kappa shape index (κ2) is 10.1. The van der Waals surface area contributed by atoms with Crippen LogP contribution in [0, 0.1) is 0 Å². The molecule has 1 aliphatic heterocycles. The fourth-order valence-electron chi connectivity index (χ4n) is 3.74. The molecule has 8 heteroatoms. The molecule has 0 bridgehead atoms. The van der Waals surface area contributed by atoms with Crippen LogP contribution in [-0.4, -0.2) is 70.6 Å². The Kier molecular flexibility index (Phi) is 8.36. The maximum atomic E-state index is 11.5. The van der Waals surface area contributed by atoms with Crippen LogP contribution < -0.4 is 10.6 Å². The highest BCUT2D eigenvalue weighted by Gasteiger charge is 2.38. The summed E-state index contributed by atoms with van der Waals surface area (Å²) in [5.74, 6) is 1.37. The molecule has 0 amide bonds. The van der Waals surface area contributed by atoms with Crippen LogP contribution in [-0.2, 0) is 15.3 Å². The van der Waals surface area contributed by atoms with Crippen LogP contribution >= 0.6 is 24.0 Å². The molecule has 2 fully saturated rings. The standard InChI is InChI=1S/C19H30N4O2S.HI/c1-20-18(21-10-11-23-12-14-26(24,25)15-13-23)22-16-19(8-5-9-19)17-6-3-2-4-7-17;/h2-4,6-7H,5,8-16H2,1H3,(H2,20,21,22);1H. The van der Waals surface area contributed by atoms with E-state index in [-0.39, 0.29) is 40.9 Å². The maximum Gasteiger partial charge on any atom is 0.191 e. The lowest BCUT2D eigenvalue weighted by atomic mass is 9.64. The average molecular weight is 506 g/mol. The quantitative estimate of drug-likeness (QED) is 0.349. The van der Waals surface area contributed by atoms with Crippen molar-refractivity contribution in [1.29, 1.82) is 0 Å². The molecule has 0 aromatic heterocycles. The van der Waals surface area contributed by atoms with E-state index in [1.165, 1.54) is 24.8 Å². The van der Waals surface area contributed by atoms with Gasteiger partial charge in [-0.25, -0.2) is 8.42 Å². The summed E-state index contributed by atoms with van der Waals surface area (Å²) in [5.41, 5.74) is 1.63. The number of aliphatic imine (C=N–C) groups is 1. The molecule has 152 valence electrons. The third-order valence-corrected chi connectivity index (χ3v) is 7.28. The lowest BCUT2D eigenvalue weighted by Crippen LogP contribution is -2.50. The first-order valence-corrected chi connectivity index (χ1v) is 11.3. The van der Waals surface area contributed by atoms with E-state index in [0.717, 1.165) is 25.6 Å². The van der Waals surface area contributed by atoms with Crippen molar-refractivity contribution in [3.8, 4) is 0 Å². The molecule has 0 atom stereocenters. The normalized spacial score (nSPS) is 21.6. The Balaban J connectivity index is 0.00000261. The Morgan fingerprint density at radius 1 is 1.15 bits per heavy atom. The van der Waals surface area contributed by atoms with E-state index >= 15 is 0 Å². The smallest absolute Gasteiger partial charge is 0.191 e. The van der Waals surface area contributed by atoms with Crippen LogP contribution in [0.5, 0.6) is 0 Å². The number of hydrogen-bond acceptors (Lipinski definition) is 4. The van der Waals surface area contributed by atoms with Gasteiger partial charge in [-0.05, 0) is 18.4 Å². The van der Waals surface area contributed by atoms with Gasteiger partial charge in [0, 0.05) is 45.2 Å². The van der Waals surface area contributed by atoms with Crippen molar-refractivity contribution in [3.05, 3.63) is 35.9 Å². The summed E-state index contributed by atoms with van der Waals surface area (Å²) in [5, 5.41) is 6.84. The van der Waals surface area contributed by atoms with E-state index < -0.39 is 9.84 Å². The van der Waals surface area contributed by atoms with Gasteiger partial charge in [0.25, 0.3) is 0 Å². The molecule has 3 rings (SSSR count). The zero-order chi connectivity index (χ0) is 18.5. The minimum absolute atomic E-state index is 0. The molecular weight excluding hydrogens is 475 g/mol. The van der Waals surface area contributed by atoms with E-state index in [9.17, 15) is 8.42 Å². The topological polar surface area (TPSA) is 73.8 Å². The van der Waals surface area contributed by atoms with Crippen LogP contribution in [0.3, 0.4) is 0 Å². The fourth-order valence-corrected chi connectivity index (χ4v) is 5.02. The monoisotopic (exact) mass is 506 g/mol. The van der Waals surface area contributed by atoms with Gasteiger partial charge in [-0.15, -0.1) is 24.0 Å². The van der Waals surface area contributed by atoms with Crippen molar-refractivity contribution in [2.75, 3.05) is 51.3 Å². The number of guanidine groups is 1. The second-order valence-electron chi connectivity index (χ2n) is 7.35. The van der Waals surface area contributed by atoms with Crippen molar-refractivity contribution in [3.63, 3.8) is 0 Å². The van der Waals surface area contributed by atoms with E-state index in [0.29, 0.717) is 13.1 Å². The number of halogens is 1. The predicted molar refractivity (Wildman–Crippen MR) is 122 cm³/mol. The summed E-state index contributed by atoms with van der Waals surface area (Å²) in [6.07, 6.45) is 3.70. The molecule has 1 aromatic rings. The largest absolute Gasteiger partial charge is 0.356 e. The highest BCUT2D eigenvalue weighted by molar-refractivity contribution is 14.0. The molecule has 27 heavy (non-hydrogen) atoms. The number of rotatable bonds is 6. The summed E-state index contributed by atoms with van der Waals surface area (Å²) < 4.78 is 23.0. The molecule has 2 N–H and O–H groups in total. The fraction of sp³-hybridized carbons (Fsp3) is 0.632. The van der Waals surface area contributed by atoms with Gasteiger partial charge in [0.05, 0.1) is 11.5 Å². The van der Waals surface area contributed by atoms with E-state index in [4.69, 9.17) is 0 Å². The lowest BCUT2D eigenvalue weighted by Gasteiger charge is -2.43. The summed E-state index contributed by atoms with van der Waals surface area (Å²) >= 11 is 0. The van der Waals surface area contributed by atoms with Gasteiger partial charge < -0.3 is 10.6 Å². The summed E-state index contributed by atoms with van der Waals surface area (Å²) in [7, 11) is -1.02. The number of nitrogens with zero attached hydrogens (tertiary/aromatic N) is 2. The van der Waals surface area contributed by atoms with Crippen LogP contribution in [0.4, 0.5) is 0 Å². The van der Waals surface area contributed by atoms with E-state index in [2.05, 4.69) is 50.9 Å². The Hall–Kier alpha value is -0.870. The molecule has 0 radical (unpaired) electrons. The van der Waals surface area contributed by atoms with Crippen molar-refractivity contribution in [2.45, 2.75) is 24.7 Å².